The third-order valence-electron chi connectivity index (χ3n) is 2.99. The molecular formula is C15H13N5O3S. The Kier molecular flexibility index (Phi) is 4.92. The van der Waals surface area contributed by atoms with Gasteiger partial charge >= 0.3 is 6.01 Å². The van der Waals surface area contributed by atoms with Crippen molar-refractivity contribution in [2.75, 3.05) is 11.9 Å². The molecule has 3 aromatic rings. The summed E-state index contributed by atoms with van der Waals surface area (Å²) in [5.74, 6) is -0.884. The van der Waals surface area contributed by atoms with Crippen LogP contribution in [0.2, 0.25) is 0 Å². The number of rotatable bonds is 6. The average Bonchev–Trinajstić information content (AvgIpc) is 3.27. The van der Waals surface area contributed by atoms with Gasteiger partial charge in [-0.15, -0.1) is 11.3 Å². The molecule has 0 atom stereocenters. The number of hydrogen-bond donors (Lipinski definition) is 2. The Labute approximate surface area is 141 Å². The molecule has 8 nitrogen and oxygen atoms in total. The quantitative estimate of drug-likeness (QED) is 0.705. The monoisotopic (exact) mass is 343 g/mol. The van der Waals surface area contributed by atoms with Gasteiger partial charge in [-0.2, -0.15) is 4.98 Å². The Hall–Kier alpha value is -3.07. The molecule has 0 aromatic carbocycles. The zero-order valence-corrected chi connectivity index (χ0v) is 13.2. The van der Waals surface area contributed by atoms with Crippen molar-refractivity contribution < 1.29 is 14.0 Å². The molecule has 122 valence electrons. The summed E-state index contributed by atoms with van der Waals surface area (Å²) in [6, 6.07) is 3.90. The van der Waals surface area contributed by atoms with E-state index in [1.165, 1.54) is 29.7 Å². The number of nitrogens with one attached hydrogen (secondary N) is 2. The molecule has 0 fully saturated rings. The first-order valence-corrected chi connectivity index (χ1v) is 7.94. The first kappa shape index (κ1) is 15.8. The molecule has 0 saturated carbocycles. The van der Waals surface area contributed by atoms with Gasteiger partial charge in [0.1, 0.15) is 12.0 Å². The van der Waals surface area contributed by atoms with Gasteiger partial charge in [0.15, 0.2) is 5.69 Å². The van der Waals surface area contributed by atoms with Gasteiger partial charge in [0, 0.05) is 23.8 Å². The lowest BCUT2D eigenvalue weighted by Gasteiger charge is -2.01. The van der Waals surface area contributed by atoms with Crippen molar-refractivity contribution in [3.05, 3.63) is 58.6 Å². The fourth-order valence-electron chi connectivity index (χ4n) is 1.86. The second-order valence-corrected chi connectivity index (χ2v) is 5.70. The molecule has 3 heterocycles. The Morgan fingerprint density at radius 2 is 2.12 bits per heavy atom. The van der Waals surface area contributed by atoms with Crippen molar-refractivity contribution in [1.82, 2.24) is 20.3 Å². The molecule has 0 saturated heterocycles. The highest BCUT2D eigenvalue weighted by Crippen LogP contribution is 2.10. The van der Waals surface area contributed by atoms with Crippen molar-refractivity contribution in [1.29, 1.82) is 0 Å². The molecule has 0 aliphatic heterocycles. The standard InChI is InChI=1S/C15H13N5O3S/c21-13(18-4-3-10-2-1-7-24-10)12-9-23-15(19-12)20-14(22)11-8-16-5-6-17-11/h1-2,5-9H,3-4H2,(H,18,21)(H,19,20,22). The van der Waals surface area contributed by atoms with Gasteiger partial charge < -0.3 is 9.73 Å². The summed E-state index contributed by atoms with van der Waals surface area (Å²) in [4.78, 5) is 36.6. The minimum absolute atomic E-state index is 0.0749. The van der Waals surface area contributed by atoms with Crippen LogP contribution in [-0.2, 0) is 6.42 Å². The van der Waals surface area contributed by atoms with Gasteiger partial charge in [-0.05, 0) is 17.9 Å². The van der Waals surface area contributed by atoms with E-state index in [0.29, 0.717) is 6.54 Å². The van der Waals surface area contributed by atoms with E-state index in [1.54, 1.807) is 11.3 Å². The van der Waals surface area contributed by atoms with Gasteiger partial charge in [-0.3, -0.25) is 19.9 Å². The third-order valence-corrected chi connectivity index (χ3v) is 3.93. The van der Waals surface area contributed by atoms with E-state index in [0.717, 1.165) is 6.42 Å². The van der Waals surface area contributed by atoms with Crippen LogP contribution in [0.3, 0.4) is 0 Å². The zero-order chi connectivity index (χ0) is 16.8. The molecule has 9 heteroatoms. The molecule has 0 bridgehead atoms. The topological polar surface area (TPSA) is 110 Å². The van der Waals surface area contributed by atoms with E-state index in [9.17, 15) is 9.59 Å². The van der Waals surface area contributed by atoms with Crippen LogP contribution in [0.15, 0.2) is 46.8 Å². The molecule has 0 spiro atoms. The highest BCUT2D eigenvalue weighted by Gasteiger charge is 2.15. The first-order chi connectivity index (χ1) is 11.7. The summed E-state index contributed by atoms with van der Waals surface area (Å²) in [7, 11) is 0. The van der Waals surface area contributed by atoms with Crippen molar-refractivity contribution in [3.8, 4) is 0 Å². The summed E-state index contributed by atoms with van der Waals surface area (Å²) < 4.78 is 5.08. The van der Waals surface area contributed by atoms with Gasteiger partial charge in [-0.25, -0.2) is 4.98 Å². The number of thiophene rings is 1. The van der Waals surface area contributed by atoms with E-state index in [4.69, 9.17) is 4.42 Å². The van der Waals surface area contributed by atoms with Gasteiger partial charge in [0.2, 0.25) is 0 Å². The van der Waals surface area contributed by atoms with Gasteiger partial charge in [0.25, 0.3) is 11.8 Å². The minimum atomic E-state index is -0.519. The SMILES string of the molecule is O=C(NCCc1cccs1)c1coc(NC(=O)c2cnccn2)n1. The van der Waals surface area contributed by atoms with Crippen LogP contribution in [0, 0.1) is 0 Å². The van der Waals surface area contributed by atoms with Gasteiger partial charge in [0.05, 0.1) is 6.20 Å². The smallest absolute Gasteiger partial charge is 0.302 e. The summed E-state index contributed by atoms with van der Waals surface area (Å²) >= 11 is 1.64. The lowest BCUT2D eigenvalue weighted by atomic mass is 10.3. The van der Waals surface area contributed by atoms with Crippen LogP contribution in [0.1, 0.15) is 25.9 Å². The van der Waals surface area contributed by atoms with Crippen LogP contribution >= 0.6 is 11.3 Å². The second-order valence-electron chi connectivity index (χ2n) is 4.67. The Balaban J connectivity index is 1.53. The number of carbonyl (C=O) groups is 2. The number of anilines is 1. The predicted octanol–water partition coefficient (Wildman–Crippen LogP) is 1.75. The molecule has 2 N–H and O–H groups in total. The lowest BCUT2D eigenvalue weighted by Crippen LogP contribution is -2.25. The maximum absolute atomic E-state index is 12.0. The second kappa shape index (κ2) is 7.47. The van der Waals surface area contributed by atoms with E-state index in [-0.39, 0.29) is 23.3 Å². The molecule has 0 aliphatic rings. The third kappa shape index (κ3) is 4.02. The van der Waals surface area contributed by atoms with Crippen molar-refractivity contribution in [3.63, 3.8) is 0 Å². The minimum Gasteiger partial charge on any atom is -0.431 e. The van der Waals surface area contributed by atoms with Gasteiger partial charge in [-0.1, -0.05) is 6.07 Å². The predicted molar refractivity (Wildman–Crippen MR) is 86.8 cm³/mol. The molecule has 2 amide bonds. The molecule has 0 aliphatic carbocycles. The lowest BCUT2D eigenvalue weighted by molar-refractivity contribution is 0.0948. The Bertz CT molecular complexity index is 817. The summed E-state index contributed by atoms with van der Waals surface area (Å²) in [5, 5.41) is 7.15. The molecule has 3 rings (SSSR count). The number of amides is 2. The maximum atomic E-state index is 12.0. The fourth-order valence-corrected chi connectivity index (χ4v) is 2.57. The van der Waals surface area contributed by atoms with Crippen LogP contribution in [-0.4, -0.2) is 33.3 Å². The number of oxazole rings is 1. The summed E-state index contributed by atoms with van der Waals surface area (Å²) in [5.41, 5.74) is 0.216. The van der Waals surface area contributed by atoms with Crippen molar-refractivity contribution >= 4 is 29.2 Å². The van der Waals surface area contributed by atoms with Crippen LogP contribution in [0.4, 0.5) is 6.01 Å². The van der Waals surface area contributed by atoms with E-state index in [2.05, 4.69) is 25.6 Å². The van der Waals surface area contributed by atoms with Crippen LogP contribution in [0.25, 0.3) is 0 Å². The number of nitrogens with zero attached hydrogens (tertiary/aromatic N) is 3. The first-order valence-electron chi connectivity index (χ1n) is 7.06. The highest BCUT2D eigenvalue weighted by atomic mass is 32.1. The molecule has 0 unspecified atom stereocenters. The highest BCUT2D eigenvalue weighted by molar-refractivity contribution is 7.09. The average molecular weight is 343 g/mol. The normalized spacial score (nSPS) is 10.3. The fraction of sp³-hybridized carbons (Fsp3) is 0.133. The number of hydrogen-bond acceptors (Lipinski definition) is 7. The van der Waals surface area contributed by atoms with E-state index in [1.807, 2.05) is 17.5 Å². The van der Waals surface area contributed by atoms with Crippen LogP contribution < -0.4 is 10.6 Å². The summed E-state index contributed by atoms with van der Waals surface area (Å²) in [6.45, 7) is 0.494. The Morgan fingerprint density at radius 1 is 1.21 bits per heavy atom. The molecule has 3 aromatic heterocycles. The Morgan fingerprint density at radius 3 is 2.88 bits per heavy atom. The molecular weight excluding hydrogens is 330 g/mol. The largest absolute Gasteiger partial charge is 0.431 e. The molecule has 24 heavy (non-hydrogen) atoms. The van der Waals surface area contributed by atoms with E-state index >= 15 is 0 Å². The van der Waals surface area contributed by atoms with Crippen molar-refractivity contribution in [2.24, 2.45) is 0 Å². The summed E-state index contributed by atoms with van der Waals surface area (Å²) in [6.07, 6.45) is 6.11. The van der Waals surface area contributed by atoms with Crippen LogP contribution in [0.5, 0.6) is 0 Å². The van der Waals surface area contributed by atoms with Crippen molar-refractivity contribution in [2.45, 2.75) is 6.42 Å². The zero-order valence-electron chi connectivity index (χ0n) is 12.4. The maximum Gasteiger partial charge on any atom is 0.302 e. The molecule has 0 radical (unpaired) electrons. The number of aromatic nitrogens is 3. The van der Waals surface area contributed by atoms with E-state index < -0.39 is 5.91 Å². The number of carbonyl (C=O) groups excluding carboxylic acids is 2.